The molecule has 1 N–H and O–H groups in total. The molecule has 0 radical (unpaired) electrons. The number of carbonyl (C=O) groups is 1. The first-order valence-electron chi connectivity index (χ1n) is 8.04. The van der Waals surface area contributed by atoms with Crippen molar-refractivity contribution in [3.8, 4) is 0 Å². The molecule has 0 saturated carbocycles. The zero-order valence-corrected chi connectivity index (χ0v) is 14.6. The first-order valence-corrected chi connectivity index (χ1v) is 8.80. The molecular formula is C18H17Cl2NO3. The molecule has 4 nitrogen and oxygen atoms in total. The highest BCUT2D eigenvalue weighted by atomic mass is 35.5. The third-order valence-electron chi connectivity index (χ3n) is 4.76. The van der Waals surface area contributed by atoms with Crippen molar-refractivity contribution in [2.24, 2.45) is 5.92 Å². The molecule has 2 heterocycles. The monoisotopic (exact) mass is 365 g/mol. The molecule has 1 fully saturated rings. The normalized spacial score (nSPS) is 29.9. The van der Waals surface area contributed by atoms with E-state index in [9.17, 15) is 4.79 Å². The van der Waals surface area contributed by atoms with Gasteiger partial charge in [0.2, 0.25) is 0 Å². The first kappa shape index (κ1) is 16.0. The van der Waals surface area contributed by atoms with Crippen molar-refractivity contribution in [1.29, 1.82) is 0 Å². The van der Waals surface area contributed by atoms with E-state index in [1.54, 1.807) is 19.1 Å². The Bertz CT molecular complexity index is 759. The molecular weight excluding hydrogens is 349 g/mol. The van der Waals surface area contributed by atoms with Crippen LogP contribution in [0.2, 0.25) is 10.0 Å². The van der Waals surface area contributed by atoms with Crippen LogP contribution in [0.15, 0.2) is 35.9 Å². The molecule has 1 aliphatic carbocycles. The van der Waals surface area contributed by atoms with Crippen molar-refractivity contribution in [3.05, 3.63) is 51.5 Å². The Morgan fingerprint density at radius 3 is 3.04 bits per heavy atom. The van der Waals surface area contributed by atoms with Crippen molar-refractivity contribution < 1.29 is 14.3 Å². The zero-order valence-electron chi connectivity index (χ0n) is 13.1. The van der Waals surface area contributed by atoms with E-state index < -0.39 is 6.04 Å². The van der Waals surface area contributed by atoms with E-state index >= 15 is 0 Å². The lowest BCUT2D eigenvalue weighted by Gasteiger charge is -2.35. The quantitative estimate of drug-likeness (QED) is 0.794. The third-order valence-corrected chi connectivity index (χ3v) is 5.29. The van der Waals surface area contributed by atoms with Gasteiger partial charge in [-0.3, -0.25) is 0 Å². The van der Waals surface area contributed by atoms with Gasteiger partial charge in [-0.15, -0.1) is 0 Å². The second-order valence-corrected chi connectivity index (χ2v) is 6.97. The van der Waals surface area contributed by atoms with Gasteiger partial charge in [0, 0.05) is 27.2 Å². The minimum atomic E-state index is -0.514. The summed E-state index contributed by atoms with van der Waals surface area (Å²) < 4.78 is 11.6. The Morgan fingerprint density at radius 2 is 2.25 bits per heavy atom. The van der Waals surface area contributed by atoms with Crippen molar-refractivity contribution in [2.75, 3.05) is 11.9 Å². The molecule has 0 amide bonds. The first-order chi connectivity index (χ1) is 11.6. The van der Waals surface area contributed by atoms with Crippen LogP contribution in [0.4, 0.5) is 5.69 Å². The second-order valence-electron chi connectivity index (χ2n) is 6.12. The molecule has 0 bridgehead atoms. The summed E-state index contributed by atoms with van der Waals surface area (Å²) in [5.74, 6) is -0.417. The molecule has 4 rings (SSSR count). The number of halogens is 2. The van der Waals surface area contributed by atoms with Gasteiger partial charge in [0.1, 0.15) is 6.04 Å². The molecule has 4 atom stereocenters. The van der Waals surface area contributed by atoms with Gasteiger partial charge in [0.15, 0.2) is 0 Å². The fourth-order valence-corrected chi connectivity index (χ4v) is 4.43. The lowest BCUT2D eigenvalue weighted by Crippen LogP contribution is -2.44. The summed E-state index contributed by atoms with van der Waals surface area (Å²) in [6.07, 6.45) is 6.62. The second kappa shape index (κ2) is 6.10. The van der Waals surface area contributed by atoms with Crippen LogP contribution in [0.25, 0.3) is 0 Å². The van der Waals surface area contributed by atoms with E-state index in [1.807, 2.05) is 12.2 Å². The van der Waals surface area contributed by atoms with E-state index in [0.717, 1.165) is 23.2 Å². The number of esters is 1. The average Bonchev–Trinajstić information content (AvgIpc) is 2.92. The molecule has 0 spiro atoms. The molecule has 1 saturated heterocycles. The van der Waals surface area contributed by atoms with Crippen molar-refractivity contribution in [1.82, 2.24) is 0 Å². The topological polar surface area (TPSA) is 47.6 Å². The Labute approximate surface area is 150 Å². The summed E-state index contributed by atoms with van der Waals surface area (Å²) in [7, 11) is 0. The highest BCUT2D eigenvalue weighted by Gasteiger charge is 2.51. The highest BCUT2D eigenvalue weighted by molar-refractivity contribution is 6.35. The fraction of sp³-hybridized carbons (Fsp3) is 0.389. The SMILES string of the molecule is CCOC(=O)C1Nc2cc(Cl)cc(Cl)c2C2OC3CC=CC=C3C12. The molecule has 3 aliphatic rings. The van der Waals surface area contributed by atoms with Gasteiger partial charge < -0.3 is 14.8 Å². The summed E-state index contributed by atoms with van der Waals surface area (Å²) in [4.78, 5) is 12.5. The Hall–Kier alpha value is -1.49. The summed E-state index contributed by atoms with van der Waals surface area (Å²) in [5.41, 5.74) is 2.71. The minimum absolute atomic E-state index is 0.0265. The third kappa shape index (κ3) is 2.44. The van der Waals surface area contributed by atoms with Crippen LogP contribution in [0.1, 0.15) is 25.0 Å². The molecule has 1 aromatic rings. The number of allylic oxidation sites excluding steroid dienone is 2. The Morgan fingerprint density at radius 1 is 1.42 bits per heavy atom. The molecule has 126 valence electrons. The van der Waals surface area contributed by atoms with Crippen molar-refractivity contribution in [3.63, 3.8) is 0 Å². The number of benzene rings is 1. The standard InChI is InChI=1S/C18H17Cl2NO3/c1-2-23-18(22)16-14-10-5-3-4-6-13(10)24-17(14)15-11(20)7-9(19)8-12(15)21-16/h3-5,7-8,13-14,16-17,21H,2,6H2,1H3. The minimum Gasteiger partial charge on any atom is -0.464 e. The van der Waals surface area contributed by atoms with Crippen LogP contribution in [-0.2, 0) is 14.3 Å². The molecule has 1 aromatic carbocycles. The Kier molecular flexibility index (Phi) is 4.07. The summed E-state index contributed by atoms with van der Waals surface area (Å²) in [6.45, 7) is 2.14. The van der Waals surface area contributed by atoms with Crippen LogP contribution in [0.3, 0.4) is 0 Å². The van der Waals surface area contributed by atoms with Gasteiger partial charge in [-0.2, -0.15) is 0 Å². The van der Waals surface area contributed by atoms with Crippen LogP contribution in [0.5, 0.6) is 0 Å². The summed E-state index contributed by atoms with van der Waals surface area (Å²) in [6, 6.07) is 2.98. The number of carbonyl (C=O) groups excluding carboxylic acids is 1. The average molecular weight is 366 g/mol. The molecule has 4 unspecified atom stereocenters. The molecule has 24 heavy (non-hydrogen) atoms. The highest BCUT2D eigenvalue weighted by Crippen LogP contribution is 2.53. The summed E-state index contributed by atoms with van der Waals surface area (Å²) in [5, 5.41) is 4.35. The van der Waals surface area contributed by atoms with Gasteiger partial charge in [0.25, 0.3) is 0 Å². The van der Waals surface area contributed by atoms with Crippen LogP contribution in [0, 0.1) is 5.92 Å². The van der Waals surface area contributed by atoms with E-state index in [0.29, 0.717) is 16.7 Å². The van der Waals surface area contributed by atoms with Crippen molar-refractivity contribution in [2.45, 2.75) is 31.6 Å². The van der Waals surface area contributed by atoms with Gasteiger partial charge in [0.05, 0.1) is 18.8 Å². The van der Waals surface area contributed by atoms with E-state index in [2.05, 4.69) is 11.4 Å². The van der Waals surface area contributed by atoms with E-state index in [-0.39, 0.29) is 24.1 Å². The lowest BCUT2D eigenvalue weighted by molar-refractivity contribution is -0.145. The smallest absolute Gasteiger partial charge is 0.329 e. The molecule has 0 aromatic heterocycles. The van der Waals surface area contributed by atoms with Gasteiger partial charge >= 0.3 is 5.97 Å². The number of anilines is 1. The predicted octanol–water partition coefficient (Wildman–Crippen LogP) is 4.29. The lowest BCUT2D eigenvalue weighted by atomic mass is 9.79. The van der Waals surface area contributed by atoms with Crippen molar-refractivity contribution >= 4 is 34.9 Å². The van der Waals surface area contributed by atoms with Crippen LogP contribution < -0.4 is 5.32 Å². The Balaban J connectivity index is 1.83. The zero-order chi connectivity index (χ0) is 16.8. The molecule has 6 heteroatoms. The number of rotatable bonds is 2. The number of nitrogens with one attached hydrogen (secondary N) is 1. The number of hydrogen-bond acceptors (Lipinski definition) is 4. The maximum absolute atomic E-state index is 12.5. The number of ether oxygens (including phenoxy) is 2. The van der Waals surface area contributed by atoms with Crippen LogP contribution in [-0.4, -0.2) is 24.7 Å². The number of fused-ring (bicyclic) bond motifs is 5. The summed E-state index contributed by atoms with van der Waals surface area (Å²) >= 11 is 12.6. The van der Waals surface area contributed by atoms with Gasteiger partial charge in [-0.25, -0.2) is 4.79 Å². The maximum Gasteiger partial charge on any atom is 0.329 e. The fourth-order valence-electron chi connectivity index (χ4n) is 3.82. The van der Waals surface area contributed by atoms with Gasteiger partial charge in [-0.05, 0) is 31.1 Å². The van der Waals surface area contributed by atoms with Crippen LogP contribution >= 0.6 is 23.2 Å². The maximum atomic E-state index is 12.5. The predicted molar refractivity (Wildman–Crippen MR) is 93.4 cm³/mol. The molecule has 2 aliphatic heterocycles. The van der Waals surface area contributed by atoms with Gasteiger partial charge in [-0.1, -0.05) is 41.4 Å². The largest absolute Gasteiger partial charge is 0.464 e. The van der Waals surface area contributed by atoms with E-state index in [1.165, 1.54) is 0 Å². The van der Waals surface area contributed by atoms with E-state index in [4.69, 9.17) is 32.7 Å². The number of hydrogen-bond donors (Lipinski definition) is 1.